The predicted octanol–water partition coefficient (Wildman–Crippen LogP) is 2.75. The Balaban J connectivity index is 3.86. The first-order chi connectivity index (χ1) is 6.39. The molecule has 0 saturated heterocycles. The minimum atomic E-state index is -0.0529. The second-order valence-corrected chi connectivity index (χ2v) is 4.72. The zero-order valence-corrected chi connectivity index (χ0v) is 10.3. The number of hydrogen-bond acceptors (Lipinski definition) is 2. The van der Waals surface area contributed by atoms with Crippen LogP contribution in [0.2, 0.25) is 0 Å². The molecule has 2 heteroatoms. The molecule has 84 valence electrons. The molecule has 0 bridgehead atoms. The number of likely N-dealkylation sites (N-methyl/N-ethyl adjacent to an activating group) is 1. The summed E-state index contributed by atoms with van der Waals surface area (Å²) in [5, 5.41) is 3.25. The summed E-state index contributed by atoms with van der Waals surface area (Å²) in [4.78, 5) is 0. The van der Waals surface area contributed by atoms with Crippen molar-refractivity contribution in [3.63, 3.8) is 0 Å². The van der Waals surface area contributed by atoms with Gasteiger partial charge < -0.3 is 10.1 Å². The average molecular weight is 199 g/mol. The van der Waals surface area contributed by atoms with Gasteiger partial charge >= 0.3 is 0 Å². The molecular weight excluding hydrogens is 174 g/mol. The number of rotatable bonds is 6. The topological polar surface area (TPSA) is 21.3 Å². The molecule has 2 nitrogen and oxygen atoms in total. The summed E-state index contributed by atoms with van der Waals surface area (Å²) in [6.45, 7) is 13.1. The molecule has 0 rings (SSSR count). The third-order valence-corrected chi connectivity index (χ3v) is 2.16. The van der Waals surface area contributed by atoms with Crippen LogP contribution in [0.4, 0.5) is 0 Å². The summed E-state index contributed by atoms with van der Waals surface area (Å²) in [6, 6.07) is 0.390. The van der Waals surface area contributed by atoms with E-state index in [0.29, 0.717) is 6.04 Å². The molecule has 0 aromatic rings. The molecule has 0 aliphatic carbocycles. The Labute approximate surface area is 88.7 Å². The molecule has 0 amide bonds. The van der Waals surface area contributed by atoms with E-state index in [0.717, 1.165) is 19.4 Å². The normalized spacial score (nSPS) is 14.1. The average Bonchev–Trinajstić information content (AvgIpc) is 2.10. The van der Waals surface area contributed by atoms with Crippen LogP contribution >= 0.6 is 0 Å². The number of nitrogens with one attached hydrogen (secondary N) is 1. The number of ether oxygens (including phenoxy) is 1. The molecule has 0 fully saturated rings. The van der Waals surface area contributed by atoms with E-state index in [9.17, 15) is 0 Å². The second-order valence-electron chi connectivity index (χ2n) is 4.72. The Hall–Kier alpha value is -0.340. The van der Waals surface area contributed by atoms with Gasteiger partial charge in [0.05, 0.1) is 12.2 Å². The molecule has 1 unspecified atom stereocenters. The van der Waals surface area contributed by atoms with Crippen molar-refractivity contribution in [3.8, 4) is 0 Å². The van der Waals surface area contributed by atoms with E-state index < -0.39 is 0 Å². The van der Waals surface area contributed by atoms with E-state index in [-0.39, 0.29) is 5.60 Å². The highest BCUT2D eigenvalue weighted by atomic mass is 16.5. The minimum absolute atomic E-state index is 0.0529. The van der Waals surface area contributed by atoms with Gasteiger partial charge in [0.25, 0.3) is 0 Å². The summed E-state index contributed by atoms with van der Waals surface area (Å²) in [6.07, 6.45) is 2.05. The molecule has 0 radical (unpaired) electrons. The lowest BCUT2D eigenvalue weighted by Gasteiger charge is -2.24. The lowest BCUT2D eigenvalue weighted by molar-refractivity contribution is -0.0135. The zero-order valence-electron chi connectivity index (χ0n) is 10.3. The quantitative estimate of drug-likeness (QED) is 0.664. The van der Waals surface area contributed by atoms with Gasteiger partial charge in [0.2, 0.25) is 0 Å². The van der Waals surface area contributed by atoms with Crippen molar-refractivity contribution in [2.75, 3.05) is 13.7 Å². The van der Waals surface area contributed by atoms with E-state index >= 15 is 0 Å². The fourth-order valence-electron chi connectivity index (χ4n) is 1.09. The lowest BCUT2D eigenvalue weighted by atomic mass is 10.1. The first kappa shape index (κ1) is 13.7. The molecule has 1 atom stereocenters. The van der Waals surface area contributed by atoms with Crippen molar-refractivity contribution >= 4 is 0 Å². The Bertz CT molecular complexity index is 170. The van der Waals surface area contributed by atoms with Gasteiger partial charge in [-0.05, 0) is 40.7 Å². The van der Waals surface area contributed by atoms with E-state index in [4.69, 9.17) is 4.74 Å². The number of hydrogen-bond donors (Lipinski definition) is 1. The van der Waals surface area contributed by atoms with Crippen molar-refractivity contribution in [1.82, 2.24) is 5.32 Å². The standard InChI is InChI=1S/C12H25NO/c1-7-10(2)8-11(13-6)9-14-12(3,4)5/h11,13H,2,7-9H2,1,3-6H3. The van der Waals surface area contributed by atoms with Crippen molar-refractivity contribution < 1.29 is 4.74 Å². The van der Waals surface area contributed by atoms with Crippen molar-refractivity contribution in [2.45, 2.75) is 52.2 Å². The minimum Gasteiger partial charge on any atom is -0.374 e. The third-order valence-electron chi connectivity index (χ3n) is 2.16. The Kier molecular flexibility index (Phi) is 6.05. The van der Waals surface area contributed by atoms with Crippen LogP contribution in [0.3, 0.4) is 0 Å². The molecule has 0 aliphatic rings. The van der Waals surface area contributed by atoms with Crippen LogP contribution in [0.15, 0.2) is 12.2 Å². The van der Waals surface area contributed by atoms with E-state index in [1.54, 1.807) is 0 Å². The van der Waals surface area contributed by atoms with Crippen molar-refractivity contribution in [2.24, 2.45) is 0 Å². The Morgan fingerprint density at radius 3 is 2.36 bits per heavy atom. The molecule has 0 aromatic carbocycles. The van der Waals surface area contributed by atoms with Gasteiger partial charge in [-0.3, -0.25) is 0 Å². The molecule has 0 aromatic heterocycles. The molecule has 14 heavy (non-hydrogen) atoms. The van der Waals surface area contributed by atoms with Gasteiger partial charge in [0, 0.05) is 6.04 Å². The van der Waals surface area contributed by atoms with Crippen LogP contribution in [-0.2, 0) is 4.74 Å². The highest BCUT2D eigenvalue weighted by Gasteiger charge is 2.14. The van der Waals surface area contributed by atoms with Gasteiger partial charge in [-0.1, -0.05) is 19.1 Å². The van der Waals surface area contributed by atoms with E-state index in [1.807, 2.05) is 7.05 Å². The van der Waals surface area contributed by atoms with Crippen LogP contribution < -0.4 is 5.32 Å². The van der Waals surface area contributed by atoms with Gasteiger partial charge in [-0.15, -0.1) is 0 Å². The van der Waals surface area contributed by atoms with Gasteiger partial charge in [-0.25, -0.2) is 0 Å². The summed E-state index contributed by atoms with van der Waals surface area (Å²) in [5.41, 5.74) is 1.23. The third kappa shape index (κ3) is 7.10. The van der Waals surface area contributed by atoms with Crippen LogP contribution in [0.25, 0.3) is 0 Å². The second kappa shape index (κ2) is 6.20. The highest BCUT2D eigenvalue weighted by Crippen LogP contribution is 2.11. The summed E-state index contributed by atoms with van der Waals surface area (Å²) >= 11 is 0. The van der Waals surface area contributed by atoms with E-state index in [2.05, 4.69) is 39.6 Å². The molecule has 0 spiro atoms. The summed E-state index contributed by atoms with van der Waals surface area (Å²) < 4.78 is 5.72. The Morgan fingerprint density at radius 1 is 1.43 bits per heavy atom. The molecular formula is C12H25NO. The highest BCUT2D eigenvalue weighted by molar-refractivity contribution is 4.96. The van der Waals surface area contributed by atoms with Gasteiger partial charge in [-0.2, -0.15) is 0 Å². The first-order valence-corrected chi connectivity index (χ1v) is 5.37. The fraction of sp³-hybridized carbons (Fsp3) is 0.833. The molecule has 1 N–H and O–H groups in total. The Morgan fingerprint density at radius 2 is 2.00 bits per heavy atom. The van der Waals surface area contributed by atoms with Gasteiger partial charge in [0.15, 0.2) is 0 Å². The van der Waals surface area contributed by atoms with Crippen LogP contribution in [-0.4, -0.2) is 25.3 Å². The fourth-order valence-corrected chi connectivity index (χ4v) is 1.09. The van der Waals surface area contributed by atoms with E-state index in [1.165, 1.54) is 5.57 Å². The smallest absolute Gasteiger partial charge is 0.0629 e. The molecule has 0 heterocycles. The van der Waals surface area contributed by atoms with Crippen LogP contribution in [0.1, 0.15) is 40.5 Å². The maximum absolute atomic E-state index is 5.72. The maximum atomic E-state index is 5.72. The summed E-state index contributed by atoms with van der Waals surface area (Å²) in [5.74, 6) is 0. The zero-order chi connectivity index (χ0) is 11.2. The largest absolute Gasteiger partial charge is 0.374 e. The summed E-state index contributed by atoms with van der Waals surface area (Å²) in [7, 11) is 1.97. The van der Waals surface area contributed by atoms with Crippen LogP contribution in [0.5, 0.6) is 0 Å². The van der Waals surface area contributed by atoms with Crippen molar-refractivity contribution in [1.29, 1.82) is 0 Å². The first-order valence-electron chi connectivity index (χ1n) is 5.37. The van der Waals surface area contributed by atoms with Crippen molar-refractivity contribution in [3.05, 3.63) is 12.2 Å². The predicted molar refractivity (Wildman–Crippen MR) is 62.6 cm³/mol. The SMILES string of the molecule is C=C(CC)CC(COC(C)(C)C)NC. The molecule has 0 aliphatic heterocycles. The van der Waals surface area contributed by atoms with Crippen LogP contribution in [0, 0.1) is 0 Å². The molecule has 0 saturated carbocycles. The maximum Gasteiger partial charge on any atom is 0.0629 e. The monoisotopic (exact) mass is 199 g/mol. The lowest BCUT2D eigenvalue weighted by Crippen LogP contribution is -2.34. The van der Waals surface area contributed by atoms with Gasteiger partial charge in [0.1, 0.15) is 0 Å².